The molecule has 3 aliphatic rings. The van der Waals surface area contributed by atoms with Gasteiger partial charge in [0.25, 0.3) is 0 Å². The molecular formula is C25H35N5O2. The van der Waals surface area contributed by atoms with Crippen molar-refractivity contribution in [3.8, 4) is 0 Å². The molecule has 172 valence electrons. The molecule has 2 fully saturated rings. The standard InChI is InChI=1S/C25H35N5O2/c1-16(17-8-6-5-7-9-17)29-25(2,3)15-28-24(26-4)27-12-13-30-22(31)20-18-10-11-19(14-18)21(20)23(30)32/h5-11,16,18-21,29H,12-15H2,1-4H3,(H2,26,27,28). The van der Waals surface area contributed by atoms with Gasteiger partial charge in [-0.15, -0.1) is 0 Å². The summed E-state index contributed by atoms with van der Waals surface area (Å²) in [5.41, 5.74) is 1.08. The molecule has 5 atom stereocenters. The van der Waals surface area contributed by atoms with Gasteiger partial charge in [0.15, 0.2) is 5.96 Å². The SMILES string of the molecule is CN=C(NCCN1C(=O)C2C3C=CC(C3)C2C1=O)NCC(C)(C)NC(C)c1ccccc1. The molecule has 2 amide bonds. The van der Waals surface area contributed by atoms with Crippen molar-refractivity contribution in [2.75, 3.05) is 26.7 Å². The van der Waals surface area contributed by atoms with Crippen molar-refractivity contribution in [2.45, 2.75) is 38.8 Å². The van der Waals surface area contributed by atoms with E-state index >= 15 is 0 Å². The third kappa shape index (κ3) is 4.44. The maximum absolute atomic E-state index is 12.8. The van der Waals surface area contributed by atoms with E-state index in [1.54, 1.807) is 7.05 Å². The van der Waals surface area contributed by atoms with E-state index in [-0.39, 0.29) is 47.1 Å². The number of nitrogens with one attached hydrogen (secondary N) is 3. The Morgan fingerprint density at radius 3 is 2.31 bits per heavy atom. The molecule has 5 unspecified atom stereocenters. The number of carbonyl (C=O) groups is 2. The largest absolute Gasteiger partial charge is 0.355 e. The lowest BCUT2D eigenvalue weighted by Crippen LogP contribution is -2.52. The number of fused-ring (bicyclic) bond motifs is 5. The van der Waals surface area contributed by atoms with E-state index in [0.29, 0.717) is 25.6 Å². The van der Waals surface area contributed by atoms with Gasteiger partial charge in [-0.3, -0.25) is 19.5 Å². The van der Waals surface area contributed by atoms with Gasteiger partial charge >= 0.3 is 0 Å². The monoisotopic (exact) mass is 437 g/mol. The number of guanidine groups is 1. The number of amides is 2. The van der Waals surface area contributed by atoms with Gasteiger partial charge in [0.1, 0.15) is 0 Å². The molecule has 1 heterocycles. The molecule has 7 nitrogen and oxygen atoms in total. The summed E-state index contributed by atoms with van der Waals surface area (Å²) in [4.78, 5) is 31.3. The average molecular weight is 438 g/mol. The van der Waals surface area contributed by atoms with Gasteiger partial charge in [0.05, 0.1) is 11.8 Å². The first-order valence-corrected chi connectivity index (χ1v) is 11.6. The first kappa shape index (κ1) is 22.5. The van der Waals surface area contributed by atoms with Crippen molar-refractivity contribution in [3.05, 3.63) is 48.0 Å². The summed E-state index contributed by atoms with van der Waals surface area (Å²) in [6, 6.07) is 10.6. The number of hydrogen-bond acceptors (Lipinski definition) is 4. The molecule has 7 heteroatoms. The number of likely N-dealkylation sites (tertiary alicyclic amines) is 1. The molecule has 2 bridgehead atoms. The van der Waals surface area contributed by atoms with Gasteiger partial charge < -0.3 is 16.0 Å². The number of benzene rings is 1. The lowest BCUT2D eigenvalue weighted by molar-refractivity contribution is -0.140. The second kappa shape index (κ2) is 9.06. The van der Waals surface area contributed by atoms with Gasteiger partial charge in [0, 0.05) is 38.3 Å². The second-order valence-corrected chi connectivity index (χ2v) is 9.84. The minimum absolute atomic E-state index is 0.00169. The van der Waals surface area contributed by atoms with E-state index in [4.69, 9.17) is 0 Å². The molecule has 1 saturated heterocycles. The Labute approximate surface area is 190 Å². The zero-order valence-electron chi connectivity index (χ0n) is 19.5. The van der Waals surface area contributed by atoms with Crippen LogP contribution in [-0.2, 0) is 9.59 Å². The molecule has 0 radical (unpaired) electrons. The summed E-state index contributed by atoms with van der Waals surface area (Å²) in [6.45, 7) is 7.98. The van der Waals surface area contributed by atoms with Crippen LogP contribution in [0.1, 0.15) is 38.8 Å². The first-order chi connectivity index (χ1) is 15.3. The van der Waals surface area contributed by atoms with Crippen LogP contribution in [-0.4, -0.2) is 54.9 Å². The number of nitrogens with zero attached hydrogens (tertiary/aromatic N) is 2. The van der Waals surface area contributed by atoms with Crippen LogP contribution in [0.2, 0.25) is 0 Å². The Kier molecular flexibility index (Phi) is 6.38. The average Bonchev–Trinajstić information content (AvgIpc) is 3.46. The third-order valence-corrected chi connectivity index (χ3v) is 7.02. The summed E-state index contributed by atoms with van der Waals surface area (Å²) in [5.74, 6) is 0.905. The molecule has 0 spiro atoms. The predicted octanol–water partition coefficient (Wildman–Crippen LogP) is 2.09. The van der Waals surface area contributed by atoms with Gasteiger partial charge in [-0.05, 0) is 44.6 Å². The van der Waals surface area contributed by atoms with E-state index < -0.39 is 0 Å². The fourth-order valence-corrected chi connectivity index (χ4v) is 5.46. The van der Waals surface area contributed by atoms with Gasteiger partial charge in [-0.2, -0.15) is 0 Å². The summed E-state index contributed by atoms with van der Waals surface area (Å²) in [6.07, 6.45) is 5.21. The van der Waals surface area contributed by atoms with Crippen molar-refractivity contribution < 1.29 is 9.59 Å². The van der Waals surface area contributed by atoms with E-state index in [0.717, 1.165) is 6.42 Å². The predicted molar refractivity (Wildman–Crippen MR) is 126 cm³/mol. The van der Waals surface area contributed by atoms with Crippen LogP contribution in [0.15, 0.2) is 47.5 Å². The Hall–Kier alpha value is -2.67. The third-order valence-electron chi connectivity index (χ3n) is 7.02. The minimum atomic E-state index is -0.169. The van der Waals surface area contributed by atoms with Crippen LogP contribution in [0.4, 0.5) is 0 Å². The molecule has 1 aliphatic heterocycles. The lowest BCUT2D eigenvalue weighted by Gasteiger charge is -2.31. The number of allylic oxidation sites excluding steroid dienone is 2. The van der Waals surface area contributed by atoms with Crippen molar-refractivity contribution in [1.82, 2.24) is 20.9 Å². The minimum Gasteiger partial charge on any atom is -0.355 e. The van der Waals surface area contributed by atoms with E-state index in [9.17, 15) is 9.59 Å². The molecule has 1 aromatic rings. The number of aliphatic imine (C=N–C) groups is 1. The maximum atomic E-state index is 12.8. The van der Waals surface area contributed by atoms with E-state index in [1.807, 2.05) is 6.07 Å². The summed E-state index contributed by atoms with van der Waals surface area (Å²) in [5, 5.41) is 10.3. The van der Waals surface area contributed by atoms with E-state index in [2.05, 4.69) is 78.1 Å². The smallest absolute Gasteiger partial charge is 0.233 e. The van der Waals surface area contributed by atoms with Crippen molar-refractivity contribution in [1.29, 1.82) is 0 Å². The van der Waals surface area contributed by atoms with Crippen molar-refractivity contribution in [2.24, 2.45) is 28.7 Å². The Morgan fingerprint density at radius 1 is 1.09 bits per heavy atom. The normalized spacial score (nSPS) is 27.8. The quantitative estimate of drug-likeness (QED) is 0.251. The molecule has 3 N–H and O–H groups in total. The number of rotatable bonds is 8. The molecule has 1 aromatic carbocycles. The van der Waals surface area contributed by atoms with Crippen LogP contribution in [0.25, 0.3) is 0 Å². The van der Waals surface area contributed by atoms with Gasteiger partial charge in [0.2, 0.25) is 11.8 Å². The summed E-state index contributed by atoms with van der Waals surface area (Å²) < 4.78 is 0. The van der Waals surface area contributed by atoms with Gasteiger partial charge in [-0.25, -0.2) is 0 Å². The molecule has 2 aliphatic carbocycles. The maximum Gasteiger partial charge on any atom is 0.233 e. The first-order valence-electron chi connectivity index (χ1n) is 11.6. The highest BCUT2D eigenvalue weighted by Crippen LogP contribution is 2.52. The zero-order valence-corrected chi connectivity index (χ0v) is 19.5. The fourth-order valence-electron chi connectivity index (χ4n) is 5.46. The van der Waals surface area contributed by atoms with Crippen LogP contribution in [0, 0.1) is 23.7 Å². The molecule has 1 saturated carbocycles. The topological polar surface area (TPSA) is 85.8 Å². The summed E-state index contributed by atoms with van der Waals surface area (Å²) in [7, 11) is 1.72. The van der Waals surface area contributed by atoms with Crippen LogP contribution in [0.3, 0.4) is 0 Å². The number of imide groups is 1. The van der Waals surface area contributed by atoms with Crippen LogP contribution < -0.4 is 16.0 Å². The van der Waals surface area contributed by atoms with Crippen LogP contribution in [0.5, 0.6) is 0 Å². The number of carbonyl (C=O) groups excluding carboxylic acids is 2. The second-order valence-electron chi connectivity index (χ2n) is 9.84. The molecule has 4 rings (SSSR count). The zero-order chi connectivity index (χ0) is 22.9. The summed E-state index contributed by atoms with van der Waals surface area (Å²) >= 11 is 0. The van der Waals surface area contributed by atoms with Crippen molar-refractivity contribution in [3.63, 3.8) is 0 Å². The molecule has 32 heavy (non-hydrogen) atoms. The Balaban J connectivity index is 1.23. The highest BCUT2D eigenvalue weighted by Gasteiger charge is 2.58. The van der Waals surface area contributed by atoms with Crippen molar-refractivity contribution >= 4 is 17.8 Å². The fraction of sp³-hybridized carbons (Fsp3) is 0.560. The van der Waals surface area contributed by atoms with E-state index in [1.165, 1.54) is 10.5 Å². The molecular weight excluding hydrogens is 402 g/mol. The van der Waals surface area contributed by atoms with Crippen LogP contribution >= 0.6 is 0 Å². The van der Waals surface area contributed by atoms with Gasteiger partial charge in [-0.1, -0.05) is 42.5 Å². The molecule has 0 aromatic heterocycles. The highest BCUT2D eigenvalue weighted by atomic mass is 16.2. The number of hydrogen-bond donors (Lipinski definition) is 3. The lowest BCUT2D eigenvalue weighted by atomic mass is 9.85. The highest BCUT2D eigenvalue weighted by molar-refractivity contribution is 6.06. The Bertz CT molecular complexity index is 880. The Morgan fingerprint density at radius 2 is 1.72 bits per heavy atom.